The lowest BCUT2D eigenvalue weighted by molar-refractivity contribution is 0.0632. The molecule has 106 valence electrons. The van der Waals surface area contributed by atoms with Crippen molar-refractivity contribution in [3.63, 3.8) is 0 Å². The lowest BCUT2D eigenvalue weighted by Gasteiger charge is -2.12. The van der Waals surface area contributed by atoms with Crippen molar-refractivity contribution in [2.75, 3.05) is 0 Å². The summed E-state index contributed by atoms with van der Waals surface area (Å²) >= 11 is 0. The van der Waals surface area contributed by atoms with Crippen molar-refractivity contribution in [1.82, 2.24) is 9.55 Å². The zero-order valence-electron chi connectivity index (χ0n) is 10.7. The summed E-state index contributed by atoms with van der Waals surface area (Å²) in [6, 6.07) is 5.44. The van der Waals surface area contributed by atoms with Crippen molar-refractivity contribution in [2.45, 2.75) is 32.1 Å². The molecule has 4 nitrogen and oxygen atoms in total. The molecule has 1 aromatic carbocycles. The van der Waals surface area contributed by atoms with Gasteiger partial charge < -0.3 is 9.84 Å². The third-order valence-corrected chi connectivity index (χ3v) is 3.51. The molecule has 2 aromatic rings. The number of hydrogen-bond donors (Lipinski definition) is 1. The first-order valence-corrected chi connectivity index (χ1v) is 6.39. The van der Waals surface area contributed by atoms with E-state index in [-0.39, 0.29) is 12.4 Å². The van der Waals surface area contributed by atoms with Gasteiger partial charge >= 0.3 is 6.55 Å². The summed E-state index contributed by atoms with van der Waals surface area (Å²) in [5.74, 6) is 0.805. The van der Waals surface area contributed by atoms with Crippen molar-refractivity contribution in [3.8, 4) is 5.75 Å². The van der Waals surface area contributed by atoms with Gasteiger partial charge in [-0.3, -0.25) is 4.57 Å². The van der Waals surface area contributed by atoms with Crippen LogP contribution in [0.5, 0.6) is 5.75 Å². The smallest absolute Gasteiger partial charge is 0.320 e. The lowest BCUT2D eigenvalue weighted by atomic mass is 10.1. The summed E-state index contributed by atoms with van der Waals surface area (Å²) in [6.45, 7) is -2.65. The molecule has 6 heteroatoms. The Hall–Kier alpha value is -1.95. The van der Waals surface area contributed by atoms with Crippen molar-refractivity contribution in [2.24, 2.45) is 0 Å². The minimum Gasteiger partial charge on any atom is -0.485 e. The van der Waals surface area contributed by atoms with Gasteiger partial charge in [-0.05, 0) is 24.5 Å². The Balaban J connectivity index is 1.78. The van der Waals surface area contributed by atoms with Crippen LogP contribution in [0, 0.1) is 0 Å². The van der Waals surface area contributed by atoms with Gasteiger partial charge in [0.25, 0.3) is 0 Å². The summed E-state index contributed by atoms with van der Waals surface area (Å²) in [7, 11) is 0. The molecule has 0 amide bonds. The van der Waals surface area contributed by atoms with Crippen LogP contribution < -0.4 is 4.74 Å². The number of alkyl halides is 2. The van der Waals surface area contributed by atoms with E-state index >= 15 is 0 Å². The number of rotatable bonds is 4. The second-order valence-corrected chi connectivity index (χ2v) is 4.70. The van der Waals surface area contributed by atoms with Crippen LogP contribution in [0.1, 0.15) is 36.0 Å². The van der Waals surface area contributed by atoms with Gasteiger partial charge in [-0.25, -0.2) is 4.98 Å². The number of fused-ring (bicyclic) bond motifs is 1. The molecule has 20 heavy (non-hydrogen) atoms. The highest BCUT2D eigenvalue weighted by atomic mass is 19.3. The maximum atomic E-state index is 12.7. The molecular formula is C14H14F2N2O2. The number of nitrogens with zero attached hydrogens (tertiary/aromatic N) is 2. The molecular weight excluding hydrogens is 266 g/mol. The predicted molar refractivity (Wildman–Crippen MR) is 67.5 cm³/mol. The molecule has 1 N–H and O–H groups in total. The average molecular weight is 280 g/mol. The van der Waals surface area contributed by atoms with Crippen LogP contribution in [0.15, 0.2) is 30.6 Å². The van der Waals surface area contributed by atoms with Crippen LogP contribution in [-0.2, 0) is 13.0 Å². The number of imidazole rings is 1. The summed E-state index contributed by atoms with van der Waals surface area (Å²) in [6.07, 6.45) is 3.49. The van der Waals surface area contributed by atoms with Gasteiger partial charge in [0, 0.05) is 18.0 Å². The van der Waals surface area contributed by atoms with Crippen LogP contribution in [0.25, 0.3) is 0 Å². The van der Waals surface area contributed by atoms with Gasteiger partial charge in [-0.15, -0.1) is 0 Å². The van der Waals surface area contributed by atoms with E-state index in [9.17, 15) is 13.9 Å². The Morgan fingerprint density at radius 1 is 1.45 bits per heavy atom. The highest BCUT2D eigenvalue weighted by Gasteiger charge is 2.23. The molecule has 0 saturated carbocycles. The van der Waals surface area contributed by atoms with Crippen LogP contribution in [-0.4, -0.2) is 14.7 Å². The molecule has 0 fully saturated rings. The highest BCUT2D eigenvalue weighted by Crippen LogP contribution is 2.36. The molecule has 3 rings (SSSR count). The number of ether oxygens (including phenoxy) is 1. The summed E-state index contributed by atoms with van der Waals surface area (Å²) in [5, 5.41) is 9.80. The normalized spacial score (nSPS) is 17.5. The van der Waals surface area contributed by atoms with E-state index in [1.54, 1.807) is 12.1 Å². The van der Waals surface area contributed by atoms with Crippen LogP contribution in [0.3, 0.4) is 0 Å². The van der Waals surface area contributed by atoms with Gasteiger partial charge in [-0.1, -0.05) is 12.1 Å². The van der Waals surface area contributed by atoms with E-state index in [4.69, 9.17) is 4.74 Å². The van der Waals surface area contributed by atoms with Gasteiger partial charge in [-0.2, -0.15) is 8.78 Å². The highest BCUT2D eigenvalue weighted by molar-refractivity contribution is 5.44. The quantitative estimate of drug-likeness (QED) is 0.936. The zero-order valence-corrected chi connectivity index (χ0v) is 10.7. The molecule has 1 heterocycles. The number of aromatic nitrogens is 2. The predicted octanol–water partition coefficient (Wildman–Crippen LogP) is 2.84. The first kappa shape index (κ1) is 13.1. The van der Waals surface area contributed by atoms with E-state index in [0.717, 1.165) is 22.1 Å². The molecule has 0 spiro atoms. The third-order valence-electron chi connectivity index (χ3n) is 3.51. The van der Waals surface area contributed by atoms with E-state index < -0.39 is 12.7 Å². The maximum absolute atomic E-state index is 12.7. The molecule has 1 unspecified atom stereocenters. The standard InChI is InChI=1S/C14H14F2N2O2/c15-14(16)18-7-6-17-13(18)8-20-12-3-1-2-9-10(12)4-5-11(9)19/h1-3,6-7,11,14,19H,4-5,8H2. The Morgan fingerprint density at radius 3 is 3.10 bits per heavy atom. The maximum Gasteiger partial charge on any atom is 0.320 e. The number of benzene rings is 1. The number of halogens is 2. The fourth-order valence-electron chi connectivity index (χ4n) is 2.51. The molecule has 1 aromatic heterocycles. The fourth-order valence-corrected chi connectivity index (χ4v) is 2.51. The van der Waals surface area contributed by atoms with E-state index in [0.29, 0.717) is 12.2 Å². The van der Waals surface area contributed by atoms with E-state index in [1.807, 2.05) is 6.07 Å². The molecule has 0 aliphatic heterocycles. The van der Waals surface area contributed by atoms with Gasteiger partial charge in [0.2, 0.25) is 0 Å². The SMILES string of the molecule is OC1CCc2c(OCc3nccn3C(F)F)cccc21. The summed E-state index contributed by atoms with van der Waals surface area (Å²) in [4.78, 5) is 3.87. The van der Waals surface area contributed by atoms with Crippen molar-refractivity contribution in [3.05, 3.63) is 47.5 Å². The average Bonchev–Trinajstić information content (AvgIpc) is 3.04. The Kier molecular flexibility index (Phi) is 3.40. The minimum atomic E-state index is -2.63. The van der Waals surface area contributed by atoms with E-state index in [2.05, 4.69) is 4.98 Å². The number of aliphatic hydroxyl groups is 1. The van der Waals surface area contributed by atoms with Crippen molar-refractivity contribution in [1.29, 1.82) is 0 Å². The summed E-state index contributed by atoms with van der Waals surface area (Å²) in [5.41, 5.74) is 1.81. The summed E-state index contributed by atoms with van der Waals surface area (Å²) < 4.78 is 31.8. The van der Waals surface area contributed by atoms with Gasteiger partial charge in [0.05, 0.1) is 6.10 Å². The third kappa shape index (κ3) is 2.27. The van der Waals surface area contributed by atoms with Crippen molar-refractivity contribution >= 4 is 0 Å². The molecule has 0 bridgehead atoms. The largest absolute Gasteiger partial charge is 0.485 e. The lowest BCUT2D eigenvalue weighted by Crippen LogP contribution is -2.08. The van der Waals surface area contributed by atoms with Gasteiger partial charge in [0.1, 0.15) is 12.4 Å². The van der Waals surface area contributed by atoms with E-state index in [1.165, 1.54) is 12.4 Å². The molecule has 0 radical (unpaired) electrons. The van der Waals surface area contributed by atoms with Crippen LogP contribution in [0.2, 0.25) is 0 Å². The van der Waals surface area contributed by atoms with Gasteiger partial charge in [0.15, 0.2) is 5.82 Å². The monoisotopic (exact) mass is 280 g/mol. The minimum absolute atomic E-state index is 0.0239. The molecule has 1 aliphatic carbocycles. The number of aliphatic hydroxyl groups excluding tert-OH is 1. The molecule has 1 atom stereocenters. The van der Waals surface area contributed by atoms with Crippen LogP contribution in [0.4, 0.5) is 8.78 Å². The topological polar surface area (TPSA) is 47.3 Å². The Morgan fingerprint density at radius 2 is 2.30 bits per heavy atom. The Labute approximate surface area is 114 Å². The number of hydrogen-bond acceptors (Lipinski definition) is 3. The zero-order chi connectivity index (χ0) is 14.1. The first-order valence-electron chi connectivity index (χ1n) is 6.39. The Bertz CT molecular complexity index is 613. The molecule has 0 saturated heterocycles. The van der Waals surface area contributed by atoms with Crippen LogP contribution >= 0.6 is 0 Å². The second-order valence-electron chi connectivity index (χ2n) is 4.70. The first-order chi connectivity index (χ1) is 9.66. The van der Waals surface area contributed by atoms with Crippen molar-refractivity contribution < 1.29 is 18.6 Å². The second kappa shape index (κ2) is 5.20. The fraction of sp³-hybridized carbons (Fsp3) is 0.357. The molecule has 1 aliphatic rings.